The number of carbonyl (C=O) groups excluding carboxylic acids is 1. The summed E-state index contributed by atoms with van der Waals surface area (Å²) in [6, 6.07) is 6.74. The number of aromatic nitrogens is 2. The van der Waals surface area contributed by atoms with Gasteiger partial charge in [-0.05, 0) is 17.5 Å². The van der Waals surface area contributed by atoms with Crippen LogP contribution in [0.15, 0.2) is 34.4 Å². The highest BCUT2D eigenvalue weighted by Crippen LogP contribution is 2.26. The summed E-state index contributed by atoms with van der Waals surface area (Å²) in [7, 11) is 0. The van der Waals surface area contributed by atoms with E-state index >= 15 is 0 Å². The van der Waals surface area contributed by atoms with E-state index in [1.165, 1.54) is 17.0 Å². The molecule has 0 radical (unpaired) electrons. The van der Waals surface area contributed by atoms with Gasteiger partial charge < -0.3 is 5.32 Å². The monoisotopic (exact) mass is 277 g/mol. The molecular formula is C13H15N3O2S. The van der Waals surface area contributed by atoms with Crippen LogP contribution in [0.3, 0.4) is 0 Å². The summed E-state index contributed by atoms with van der Waals surface area (Å²) >= 11 is 1.66. The van der Waals surface area contributed by atoms with E-state index in [4.69, 9.17) is 0 Å². The minimum Gasteiger partial charge on any atom is -0.350 e. The summed E-state index contributed by atoms with van der Waals surface area (Å²) in [5.74, 6) is -0.291. The minimum absolute atomic E-state index is 0.133. The maximum atomic E-state index is 11.9. The van der Waals surface area contributed by atoms with Gasteiger partial charge in [0.05, 0.1) is 0 Å². The van der Waals surface area contributed by atoms with Gasteiger partial charge in [-0.2, -0.15) is 5.10 Å². The number of nitrogens with zero attached hydrogens (tertiary/aromatic N) is 1. The first-order chi connectivity index (χ1) is 8.99. The number of H-pyrrole nitrogens is 1. The zero-order valence-electron chi connectivity index (χ0n) is 10.8. The second kappa shape index (κ2) is 5.36. The standard InChI is InChI=1S/C13H15N3O2S/c1-13(2,10-4-3-7-19-10)8-14-12(18)9-5-6-11(17)16-15-9/h3-7H,8H2,1-2H3,(H,14,18)(H,16,17). The number of amides is 1. The van der Waals surface area contributed by atoms with Crippen molar-refractivity contribution in [2.24, 2.45) is 0 Å². The molecule has 0 aromatic carbocycles. The largest absolute Gasteiger partial charge is 0.350 e. The maximum Gasteiger partial charge on any atom is 0.271 e. The van der Waals surface area contributed by atoms with Crippen LogP contribution in [0.2, 0.25) is 0 Å². The first-order valence-electron chi connectivity index (χ1n) is 5.87. The number of nitrogens with one attached hydrogen (secondary N) is 2. The van der Waals surface area contributed by atoms with Crippen molar-refractivity contribution >= 4 is 17.2 Å². The summed E-state index contributed by atoms with van der Waals surface area (Å²) in [5, 5.41) is 10.8. The molecule has 0 saturated heterocycles. The van der Waals surface area contributed by atoms with E-state index in [9.17, 15) is 9.59 Å². The molecule has 19 heavy (non-hydrogen) atoms. The first kappa shape index (κ1) is 13.5. The lowest BCUT2D eigenvalue weighted by molar-refractivity contribution is 0.0940. The van der Waals surface area contributed by atoms with Crippen LogP contribution in [-0.2, 0) is 5.41 Å². The van der Waals surface area contributed by atoms with Gasteiger partial charge in [-0.25, -0.2) is 5.10 Å². The highest BCUT2D eigenvalue weighted by Gasteiger charge is 2.22. The number of hydrogen-bond donors (Lipinski definition) is 2. The molecule has 5 nitrogen and oxygen atoms in total. The van der Waals surface area contributed by atoms with Crippen LogP contribution in [0.25, 0.3) is 0 Å². The summed E-state index contributed by atoms with van der Waals surface area (Å²) in [4.78, 5) is 24.0. The fourth-order valence-electron chi connectivity index (χ4n) is 1.61. The molecular weight excluding hydrogens is 262 g/mol. The second-order valence-electron chi connectivity index (χ2n) is 4.85. The predicted molar refractivity (Wildman–Crippen MR) is 74.5 cm³/mol. The summed E-state index contributed by atoms with van der Waals surface area (Å²) in [6.07, 6.45) is 0. The Kier molecular flexibility index (Phi) is 3.80. The van der Waals surface area contributed by atoms with Crippen LogP contribution >= 0.6 is 11.3 Å². The molecule has 0 aliphatic rings. The number of hydrogen-bond acceptors (Lipinski definition) is 4. The Bertz CT molecular complexity index is 597. The molecule has 2 aromatic heterocycles. The maximum absolute atomic E-state index is 11.9. The second-order valence-corrected chi connectivity index (χ2v) is 5.80. The summed E-state index contributed by atoms with van der Waals surface area (Å²) in [6.45, 7) is 4.64. The molecule has 0 atom stereocenters. The summed E-state index contributed by atoms with van der Waals surface area (Å²) < 4.78 is 0. The van der Waals surface area contributed by atoms with E-state index in [1.54, 1.807) is 11.3 Å². The van der Waals surface area contributed by atoms with Gasteiger partial charge in [0, 0.05) is 22.9 Å². The van der Waals surface area contributed by atoms with Crippen molar-refractivity contribution < 1.29 is 4.79 Å². The van der Waals surface area contributed by atoms with Gasteiger partial charge in [-0.3, -0.25) is 9.59 Å². The third-order valence-corrected chi connectivity index (χ3v) is 4.03. The molecule has 2 aromatic rings. The van der Waals surface area contributed by atoms with Gasteiger partial charge in [-0.1, -0.05) is 19.9 Å². The Labute approximate surface area is 114 Å². The average molecular weight is 277 g/mol. The lowest BCUT2D eigenvalue weighted by Gasteiger charge is -2.23. The van der Waals surface area contributed by atoms with E-state index in [0.29, 0.717) is 6.54 Å². The molecule has 0 aliphatic carbocycles. The first-order valence-corrected chi connectivity index (χ1v) is 6.75. The molecule has 0 saturated carbocycles. The fourth-order valence-corrected chi connectivity index (χ4v) is 2.47. The molecule has 6 heteroatoms. The van der Waals surface area contributed by atoms with Crippen LogP contribution in [0.5, 0.6) is 0 Å². The normalized spacial score (nSPS) is 11.3. The van der Waals surface area contributed by atoms with Crippen molar-refractivity contribution in [3.63, 3.8) is 0 Å². The van der Waals surface area contributed by atoms with Gasteiger partial charge in [0.15, 0.2) is 0 Å². The third kappa shape index (κ3) is 3.29. The van der Waals surface area contributed by atoms with Crippen molar-refractivity contribution in [1.82, 2.24) is 15.5 Å². The number of aromatic amines is 1. The zero-order valence-corrected chi connectivity index (χ0v) is 11.6. The molecule has 0 unspecified atom stereocenters. The molecule has 0 fully saturated rings. The molecule has 2 heterocycles. The molecule has 2 N–H and O–H groups in total. The van der Waals surface area contributed by atoms with E-state index in [2.05, 4.69) is 35.4 Å². The molecule has 0 bridgehead atoms. The number of carbonyl (C=O) groups is 1. The number of rotatable bonds is 4. The smallest absolute Gasteiger partial charge is 0.271 e. The Morgan fingerprint density at radius 1 is 1.42 bits per heavy atom. The van der Waals surface area contributed by atoms with Crippen molar-refractivity contribution in [3.8, 4) is 0 Å². The van der Waals surface area contributed by atoms with E-state index < -0.39 is 0 Å². The Morgan fingerprint density at radius 2 is 2.21 bits per heavy atom. The van der Waals surface area contributed by atoms with E-state index in [-0.39, 0.29) is 22.6 Å². The van der Waals surface area contributed by atoms with Gasteiger partial charge in [0.2, 0.25) is 0 Å². The molecule has 0 aliphatic heterocycles. The molecule has 100 valence electrons. The average Bonchev–Trinajstić information content (AvgIpc) is 2.91. The lowest BCUT2D eigenvalue weighted by Crippen LogP contribution is -2.36. The van der Waals surface area contributed by atoms with Gasteiger partial charge >= 0.3 is 0 Å². The summed E-state index contributed by atoms with van der Waals surface area (Å²) in [5.41, 5.74) is -0.247. The topological polar surface area (TPSA) is 74.8 Å². The Hall–Kier alpha value is -1.95. The molecule has 0 spiro atoms. The van der Waals surface area contributed by atoms with Crippen molar-refractivity contribution in [3.05, 3.63) is 50.6 Å². The van der Waals surface area contributed by atoms with Crippen molar-refractivity contribution in [2.45, 2.75) is 19.3 Å². The quantitative estimate of drug-likeness (QED) is 0.890. The van der Waals surface area contributed by atoms with Crippen LogP contribution in [-0.4, -0.2) is 22.6 Å². The van der Waals surface area contributed by atoms with Gasteiger partial charge in [0.1, 0.15) is 5.69 Å². The van der Waals surface area contributed by atoms with E-state index in [1.807, 2.05) is 11.4 Å². The molecule has 1 amide bonds. The van der Waals surface area contributed by atoms with Crippen LogP contribution in [0.4, 0.5) is 0 Å². The van der Waals surface area contributed by atoms with Crippen LogP contribution in [0, 0.1) is 0 Å². The highest BCUT2D eigenvalue weighted by molar-refractivity contribution is 7.10. The Morgan fingerprint density at radius 3 is 2.79 bits per heavy atom. The molecule has 2 rings (SSSR count). The fraction of sp³-hybridized carbons (Fsp3) is 0.308. The van der Waals surface area contributed by atoms with Gasteiger partial charge in [0.25, 0.3) is 11.5 Å². The third-order valence-electron chi connectivity index (χ3n) is 2.79. The minimum atomic E-state index is -0.324. The van der Waals surface area contributed by atoms with Crippen molar-refractivity contribution in [1.29, 1.82) is 0 Å². The van der Waals surface area contributed by atoms with Crippen molar-refractivity contribution in [2.75, 3.05) is 6.54 Å². The number of thiophene rings is 1. The zero-order chi connectivity index (χ0) is 13.9. The van der Waals surface area contributed by atoms with Crippen LogP contribution in [0.1, 0.15) is 29.2 Å². The predicted octanol–water partition coefficient (Wildman–Crippen LogP) is 1.54. The highest BCUT2D eigenvalue weighted by atomic mass is 32.1. The SMILES string of the molecule is CC(C)(CNC(=O)c1ccc(=O)[nH]n1)c1cccs1. The Balaban J connectivity index is 2.01. The van der Waals surface area contributed by atoms with Gasteiger partial charge in [-0.15, -0.1) is 11.3 Å². The van der Waals surface area contributed by atoms with Crippen LogP contribution < -0.4 is 10.9 Å². The lowest BCUT2D eigenvalue weighted by atomic mass is 9.91. The van der Waals surface area contributed by atoms with E-state index in [0.717, 1.165) is 0 Å².